The first-order valence-corrected chi connectivity index (χ1v) is 7.46. The standard InChI is InChI=1S/C14H10ClF3N6O2/c1-23-12-8(5-19-23)13(26)24(22-21-12)6-11(25)20-7-2-3-10(15)9(4-7)14(16,17)18/h2-5H,6H2,1H3,(H,20,25). The van der Waals surface area contributed by atoms with Crippen molar-refractivity contribution in [3.63, 3.8) is 0 Å². The van der Waals surface area contributed by atoms with Gasteiger partial charge < -0.3 is 5.32 Å². The van der Waals surface area contributed by atoms with Crippen molar-refractivity contribution < 1.29 is 18.0 Å². The van der Waals surface area contributed by atoms with Crippen molar-refractivity contribution >= 4 is 34.2 Å². The van der Waals surface area contributed by atoms with Crippen molar-refractivity contribution in [1.29, 1.82) is 0 Å². The SMILES string of the molecule is Cn1ncc2c(=O)n(CC(=O)Nc3ccc(Cl)c(C(F)(F)F)c3)nnc21. The molecule has 1 aromatic carbocycles. The molecule has 0 saturated heterocycles. The number of rotatable bonds is 3. The number of alkyl halides is 3. The van der Waals surface area contributed by atoms with Gasteiger partial charge in [0.05, 0.1) is 16.8 Å². The first-order valence-electron chi connectivity index (χ1n) is 7.09. The molecular weight excluding hydrogens is 377 g/mol. The van der Waals surface area contributed by atoms with Crippen LogP contribution in [-0.4, -0.2) is 30.7 Å². The molecular formula is C14H10ClF3N6O2. The van der Waals surface area contributed by atoms with Gasteiger partial charge in [-0.05, 0) is 18.2 Å². The summed E-state index contributed by atoms with van der Waals surface area (Å²) in [6.07, 6.45) is -3.37. The van der Waals surface area contributed by atoms with Gasteiger partial charge in [-0.15, -0.1) is 5.10 Å². The van der Waals surface area contributed by atoms with E-state index in [2.05, 4.69) is 20.7 Å². The zero-order chi connectivity index (χ0) is 19.1. The number of aromatic nitrogens is 5. The van der Waals surface area contributed by atoms with E-state index in [1.165, 1.54) is 16.9 Å². The van der Waals surface area contributed by atoms with Crippen LogP contribution in [0.2, 0.25) is 5.02 Å². The molecule has 3 rings (SSSR count). The molecule has 0 aliphatic heterocycles. The van der Waals surface area contributed by atoms with Gasteiger partial charge >= 0.3 is 6.18 Å². The van der Waals surface area contributed by atoms with E-state index in [-0.39, 0.29) is 16.7 Å². The van der Waals surface area contributed by atoms with Gasteiger partial charge in [-0.25, -0.2) is 9.36 Å². The van der Waals surface area contributed by atoms with Gasteiger partial charge in [0.2, 0.25) is 5.91 Å². The van der Waals surface area contributed by atoms with Crippen molar-refractivity contribution in [2.24, 2.45) is 7.05 Å². The van der Waals surface area contributed by atoms with E-state index in [9.17, 15) is 22.8 Å². The van der Waals surface area contributed by atoms with Crippen LogP contribution in [0.15, 0.2) is 29.2 Å². The molecule has 26 heavy (non-hydrogen) atoms. The van der Waals surface area contributed by atoms with Gasteiger partial charge in [-0.2, -0.15) is 18.3 Å². The summed E-state index contributed by atoms with van der Waals surface area (Å²) in [5.41, 5.74) is -1.54. The zero-order valence-electron chi connectivity index (χ0n) is 13.1. The molecule has 0 bridgehead atoms. The molecule has 0 aliphatic rings. The molecule has 3 aromatic rings. The van der Waals surface area contributed by atoms with Crippen LogP contribution in [0.5, 0.6) is 0 Å². The van der Waals surface area contributed by atoms with Crippen LogP contribution in [0, 0.1) is 0 Å². The maximum atomic E-state index is 12.8. The molecule has 0 aliphatic carbocycles. The van der Waals surface area contributed by atoms with E-state index in [1.54, 1.807) is 7.05 Å². The van der Waals surface area contributed by atoms with Gasteiger partial charge in [-0.1, -0.05) is 16.8 Å². The summed E-state index contributed by atoms with van der Waals surface area (Å²) in [7, 11) is 1.58. The maximum Gasteiger partial charge on any atom is 0.417 e. The molecule has 0 saturated carbocycles. The number of anilines is 1. The molecule has 0 atom stereocenters. The minimum absolute atomic E-state index is 0.116. The highest BCUT2D eigenvalue weighted by atomic mass is 35.5. The molecule has 0 unspecified atom stereocenters. The fourth-order valence-corrected chi connectivity index (χ4v) is 2.46. The number of halogens is 4. The predicted molar refractivity (Wildman–Crippen MR) is 85.6 cm³/mol. The first-order chi connectivity index (χ1) is 12.2. The molecule has 2 heterocycles. The highest BCUT2D eigenvalue weighted by molar-refractivity contribution is 6.31. The third kappa shape index (κ3) is 3.38. The number of amides is 1. The molecule has 8 nitrogen and oxygen atoms in total. The molecule has 136 valence electrons. The highest BCUT2D eigenvalue weighted by Gasteiger charge is 2.33. The Balaban J connectivity index is 1.82. The highest BCUT2D eigenvalue weighted by Crippen LogP contribution is 2.36. The lowest BCUT2D eigenvalue weighted by molar-refractivity contribution is -0.137. The smallest absolute Gasteiger partial charge is 0.324 e. The summed E-state index contributed by atoms with van der Waals surface area (Å²) in [6.45, 7) is -0.527. The van der Waals surface area contributed by atoms with Crippen LogP contribution in [-0.2, 0) is 24.6 Å². The van der Waals surface area contributed by atoms with Gasteiger partial charge in [0.25, 0.3) is 5.56 Å². The lowest BCUT2D eigenvalue weighted by Gasteiger charge is -2.12. The van der Waals surface area contributed by atoms with Gasteiger partial charge in [0.15, 0.2) is 5.65 Å². The normalized spacial score (nSPS) is 11.7. The monoisotopic (exact) mass is 386 g/mol. The molecule has 12 heteroatoms. The van der Waals surface area contributed by atoms with Crippen molar-refractivity contribution in [2.75, 3.05) is 5.32 Å². The number of benzene rings is 1. The van der Waals surface area contributed by atoms with Gasteiger partial charge in [0.1, 0.15) is 11.9 Å². The van der Waals surface area contributed by atoms with Gasteiger partial charge in [-0.3, -0.25) is 9.59 Å². The lowest BCUT2D eigenvalue weighted by atomic mass is 10.2. The number of hydrogen-bond acceptors (Lipinski definition) is 5. The number of nitrogens with zero attached hydrogens (tertiary/aromatic N) is 5. The number of carbonyl (C=O) groups excluding carboxylic acids is 1. The van der Waals surface area contributed by atoms with Crippen molar-refractivity contribution in [3.8, 4) is 0 Å². The largest absolute Gasteiger partial charge is 0.417 e. The Kier molecular flexibility index (Phi) is 4.40. The number of aryl methyl sites for hydroxylation is 1. The average Bonchev–Trinajstić information content (AvgIpc) is 2.93. The summed E-state index contributed by atoms with van der Waals surface area (Å²) in [6, 6.07) is 2.95. The van der Waals surface area contributed by atoms with Gasteiger partial charge in [0, 0.05) is 12.7 Å². The second-order valence-electron chi connectivity index (χ2n) is 5.30. The molecule has 2 aromatic heterocycles. The van der Waals surface area contributed by atoms with E-state index in [0.29, 0.717) is 6.07 Å². The van der Waals surface area contributed by atoms with Crippen molar-refractivity contribution in [3.05, 3.63) is 45.3 Å². The Labute approximate surface area is 148 Å². The van der Waals surface area contributed by atoms with Crippen LogP contribution >= 0.6 is 11.6 Å². The summed E-state index contributed by atoms with van der Waals surface area (Å²) < 4.78 is 40.7. The van der Waals surface area contributed by atoms with Crippen LogP contribution in [0.1, 0.15) is 5.56 Å². The summed E-state index contributed by atoms with van der Waals surface area (Å²) in [4.78, 5) is 24.3. The average molecular weight is 387 g/mol. The zero-order valence-corrected chi connectivity index (χ0v) is 13.8. The summed E-state index contributed by atoms with van der Waals surface area (Å²) in [5, 5.41) is 13.2. The Bertz CT molecular complexity index is 1060. The van der Waals surface area contributed by atoms with E-state index in [4.69, 9.17) is 11.6 Å². The Morgan fingerprint density at radius 2 is 2.08 bits per heavy atom. The minimum Gasteiger partial charge on any atom is -0.324 e. The topological polar surface area (TPSA) is 94.7 Å². The molecule has 0 spiro atoms. The second kappa shape index (κ2) is 6.41. The van der Waals surface area contributed by atoms with Crippen molar-refractivity contribution in [1.82, 2.24) is 24.8 Å². The maximum absolute atomic E-state index is 12.8. The van der Waals surface area contributed by atoms with Crippen LogP contribution in [0.25, 0.3) is 11.0 Å². The Morgan fingerprint density at radius 3 is 2.77 bits per heavy atom. The molecule has 1 N–H and O–H groups in total. The molecule has 1 amide bonds. The van der Waals surface area contributed by atoms with E-state index in [1.807, 2.05) is 0 Å². The predicted octanol–water partition coefficient (Wildman–Crippen LogP) is 1.84. The van der Waals surface area contributed by atoms with Crippen molar-refractivity contribution in [2.45, 2.75) is 12.7 Å². The van der Waals surface area contributed by atoms with E-state index >= 15 is 0 Å². The van der Waals surface area contributed by atoms with Crippen LogP contribution in [0.4, 0.5) is 18.9 Å². The fraction of sp³-hybridized carbons (Fsp3) is 0.214. The number of hydrogen-bond donors (Lipinski definition) is 1. The van der Waals surface area contributed by atoms with Crippen LogP contribution < -0.4 is 10.9 Å². The third-order valence-electron chi connectivity index (χ3n) is 3.47. The Hall–Kier alpha value is -2.95. The second-order valence-corrected chi connectivity index (χ2v) is 5.71. The summed E-state index contributed by atoms with van der Waals surface area (Å²) in [5.74, 6) is -0.750. The first kappa shape index (κ1) is 17.9. The quantitative estimate of drug-likeness (QED) is 0.741. The minimum atomic E-state index is -4.66. The third-order valence-corrected chi connectivity index (χ3v) is 3.80. The fourth-order valence-electron chi connectivity index (χ4n) is 2.24. The Morgan fingerprint density at radius 1 is 1.35 bits per heavy atom. The number of fused-ring (bicyclic) bond motifs is 1. The van der Waals surface area contributed by atoms with Crippen LogP contribution in [0.3, 0.4) is 0 Å². The summed E-state index contributed by atoms with van der Waals surface area (Å²) >= 11 is 5.52. The lowest BCUT2D eigenvalue weighted by Crippen LogP contribution is -2.30. The van der Waals surface area contributed by atoms with E-state index in [0.717, 1.165) is 10.7 Å². The van der Waals surface area contributed by atoms with E-state index < -0.39 is 34.8 Å². The number of carbonyl (C=O) groups is 1. The number of nitrogens with one attached hydrogen (secondary N) is 1. The molecule has 0 fully saturated rings. The molecule has 0 radical (unpaired) electrons.